The first kappa shape index (κ1) is 13.6. The molecule has 0 unspecified atom stereocenters. The highest BCUT2D eigenvalue weighted by Crippen LogP contribution is 2.24. The first-order valence-electron chi connectivity index (χ1n) is 5.76. The minimum Gasteiger partial charge on any atom is -0.307 e. The molecule has 0 atom stereocenters. The number of thiazole rings is 1. The summed E-state index contributed by atoms with van der Waals surface area (Å²) in [6, 6.07) is 3.96. The molecule has 0 aliphatic heterocycles. The molecule has 2 aromatic rings. The molecule has 0 amide bonds. The number of hydrogen-bond donors (Lipinski definition) is 1. The smallest absolute Gasteiger partial charge is 0.142 e. The molecule has 18 heavy (non-hydrogen) atoms. The zero-order chi connectivity index (χ0) is 13.2. The van der Waals surface area contributed by atoms with Crippen LogP contribution in [0.2, 0.25) is 0 Å². The van der Waals surface area contributed by atoms with E-state index < -0.39 is 0 Å². The molecule has 0 bridgehead atoms. The fraction of sp³-hybridized carbons (Fsp3) is 0.385. The lowest BCUT2D eigenvalue weighted by Gasteiger charge is -2.19. The van der Waals surface area contributed by atoms with E-state index in [4.69, 9.17) is 0 Å². The van der Waals surface area contributed by atoms with E-state index in [9.17, 15) is 0 Å². The minimum atomic E-state index is 0.125. The van der Waals surface area contributed by atoms with Gasteiger partial charge in [0.05, 0.1) is 5.69 Å². The van der Waals surface area contributed by atoms with E-state index in [2.05, 4.69) is 52.0 Å². The number of nitrogens with one attached hydrogen (secondary N) is 1. The molecule has 0 aliphatic rings. The quantitative estimate of drug-likeness (QED) is 0.931. The van der Waals surface area contributed by atoms with Crippen LogP contribution in [0.5, 0.6) is 0 Å². The highest BCUT2D eigenvalue weighted by molar-refractivity contribution is 9.10. The van der Waals surface area contributed by atoms with Gasteiger partial charge in [-0.15, -0.1) is 11.3 Å². The Balaban J connectivity index is 2.08. The van der Waals surface area contributed by atoms with Gasteiger partial charge in [-0.2, -0.15) is 0 Å². The van der Waals surface area contributed by atoms with Crippen molar-refractivity contribution in [2.45, 2.75) is 32.9 Å². The summed E-state index contributed by atoms with van der Waals surface area (Å²) in [5, 5.41) is 4.42. The number of pyridine rings is 1. The van der Waals surface area contributed by atoms with Crippen LogP contribution in [-0.4, -0.2) is 15.5 Å². The number of halogens is 1. The van der Waals surface area contributed by atoms with Gasteiger partial charge in [0.2, 0.25) is 0 Å². The van der Waals surface area contributed by atoms with Gasteiger partial charge in [0.15, 0.2) is 0 Å². The maximum Gasteiger partial charge on any atom is 0.142 e. The van der Waals surface area contributed by atoms with Gasteiger partial charge in [-0.3, -0.25) is 4.98 Å². The SMILES string of the molecule is CC(C)(C)NCc1cnc(-c2ccc(Br)cn2)s1. The van der Waals surface area contributed by atoms with Crippen LogP contribution in [-0.2, 0) is 6.54 Å². The Morgan fingerprint density at radius 2 is 2.00 bits per heavy atom. The van der Waals surface area contributed by atoms with Gasteiger partial charge in [0.25, 0.3) is 0 Å². The molecule has 0 fully saturated rings. The summed E-state index contributed by atoms with van der Waals surface area (Å²) in [6.45, 7) is 7.32. The van der Waals surface area contributed by atoms with E-state index in [0.29, 0.717) is 0 Å². The van der Waals surface area contributed by atoms with Gasteiger partial charge in [-0.05, 0) is 48.8 Å². The van der Waals surface area contributed by atoms with Gasteiger partial charge in [0, 0.05) is 33.8 Å². The molecule has 3 nitrogen and oxygen atoms in total. The summed E-state index contributed by atoms with van der Waals surface area (Å²) in [5.41, 5.74) is 1.05. The van der Waals surface area contributed by atoms with Crippen molar-refractivity contribution < 1.29 is 0 Å². The fourth-order valence-electron chi connectivity index (χ4n) is 1.36. The van der Waals surface area contributed by atoms with Crippen LogP contribution in [0, 0.1) is 0 Å². The highest BCUT2D eigenvalue weighted by atomic mass is 79.9. The van der Waals surface area contributed by atoms with Gasteiger partial charge >= 0.3 is 0 Å². The molecule has 0 spiro atoms. The van der Waals surface area contributed by atoms with E-state index in [1.54, 1.807) is 17.5 Å². The zero-order valence-electron chi connectivity index (χ0n) is 10.7. The van der Waals surface area contributed by atoms with Crippen molar-refractivity contribution in [1.29, 1.82) is 0 Å². The Morgan fingerprint density at radius 3 is 2.61 bits per heavy atom. The van der Waals surface area contributed by atoms with Crippen LogP contribution in [0.25, 0.3) is 10.7 Å². The molecular formula is C13H16BrN3S. The minimum absolute atomic E-state index is 0.125. The molecule has 0 aliphatic carbocycles. The molecule has 1 N–H and O–H groups in total. The maximum absolute atomic E-state index is 4.42. The predicted octanol–water partition coefficient (Wildman–Crippen LogP) is 3.86. The second-order valence-electron chi connectivity index (χ2n) is 5.10. The van der Waals surface area contributed by atoms with Gasteiger partial charge in [0.1, 0.15) is 5.01 Å². The van der Waals surface area contributed by atoms with E-state index in [1.165, 1.54) is 4.88 Å². The van der Waals surface area contributed by atoms with Crippen molar-refractivity contribution in [3.8, 4) is 10.7 Å². The van der Waals surface area contributed by atoms with Crippen molar-refractivity contribution >= 4 is 27.3 Å². The van der Waals surface area contributed by atoms with Crippen LogP contribution in [0.1, 0.15) is 25.6 Å². The Labute approximate surface area is 120 Å². The monoisotopic (exact) mass is 325 g/mol. The molecule has 2 aromatic heterocycles. The van der Waals surface area contributed by atoms with E-state index in [0.717, 1.165) is 21.7 Å². The number of aromatic nitrogens is 2. The summed E-state index contributed by atoms with van der Waals surface area (Å²) in [7, 11) is 0. The van der Waals surface area contributed by atoms with Crippen LogP contribution in [0.4, 0.5) is 0 Å². The number of rotatable bonds is 3. The molecule has 0 saturated heterocycles. The van der Waals surface area contributed by atoms with Crippen LogP contribution < -0.4 is 5.32 Å². The van der Waals surface area contributed by atoms with Crippen molar-refractivity contribution in [3.63, 3.8) is 0 Å². The van der Waals surface area contributed by atoms with Crippen molar-refractivity contribution in [2.75, 3.05) is 0 Å². The van der Waals surface area contributed by atoms with Gasteiger partial charge in [-0.1, -0.05) is 0 Å². The maximum atomic E-state index is 4.42. The second kappa shape index (κ2) is 5.47. The lowest BCUT2D eigenvalue weighted by atomic mass is 10.1. The summed E-state index contributed by atoms with van der Waals surface area (Å²) in [4.78, 5) is 10.00. The molecule has 2 heterocycles. The first-order chi connectivity index (χ1) is 8.44. The molecule has 0 saturated carbocycles. The third-order valence-electron chi connectivity index (χ3n) is 2.29. The predicted molar refractivity (Wildman–Crippen MR) is 79.6 cm³/mol. The normalized spacial score (nSPS) is 11.8. The van der Waals surface area contributed by atoms with Gasteiger partial charge in [-0.25, -0.2) is 4.98 Å². The molecule has 96 valence electrons. The summed E-state index contributed by atoms with van der Waals surface area (Å²) >= 11 is 5.06. The number of nitrogens with zero attached hydrogens (tertiary/aromatic N) is 2. The summed E-state index contributed by atoms with van der Waals surface area (Å²) < 4.78 is 0.984. The average Bonchev–Trinajstić information content (AvgIpc) is 2.75. The molecule has 0 aromatic carbocycles. The average molecular weight is 326 g/mol. The standard InChI is InChI=1S/C13H16BrN3S/c1-13(2,3)17-8-10-7-16-12(18-10)11-5-4-9(14)6-15-11/h4-7,17H,8H2,1-3H3. The van der Waals surface area contributed by atoms with E-state index in [1.807, 2.05) is 18.3 Å². The van der Waals surface area contributed by atoms with Crippen molar-refractivity contribution in [1.82, 2.24) is 15.3 Å². The molecule has 2 rings (SSSR count). The number of hydrogen-bond acceptors (Lipinski definition) is 4. The lowest BCUT2D eigenvalue weighted by molar-refractivity contribution is 0.426. The van der Waals surface area contributed by atoms with E-state index in [-0.39, 0.29) is 5.54 Å². The molecule has 5 heteroatoms. The Bertz CT molecular complexity index is 514. The molecular weight excluding hydrogens is 310 g/mol. The summed E-state index contributed by atoms with van der Waals surface area (Å²) in [6.07, 6.45) is 3.71. The third kappa shape index (κ3) is 3.86. The Hall–Kier alpha value is -0.780. The van der Waals surface area contributed by atoms with Crippen LogP contribution >= 0.6 is 27.3 Å². The Kier molecular flexibility index (Phi) is 4.14. The topological polar surface area (TPSA) is 37.8 Å². The molecule has 0 radical (unpaired) electrons. The summed E-state index contributed by atoms with van der Waals surface area (Å²) in [5.74, 6) is 0. The highest BCUT2D eigenvalue weighted by Gasteiger charge is 2.11. The Morgan fingerprint density at radius 1 is 1.22 bits per heavy atom. The zero-order valence-corrected chi connectivity index (χ0v) is 13.1. The van der Waals surface area contributed by atoms with Gasteiger partial charge < -0.3 is 5.32 Å². The fourth-order valence-corrected chi connectivity index (χ4v) is 2.43. The first-order valence-corrected chi connectivity index (χ1v) is 7.37. The largest absolute Gasteiger partial charge is 0.307 e. The second-order valence-corrected chi connectivity index (χ2v) is 7.13. The lowest BCUT2D eigenvalue weighted by Crippen LogP contribution is -2.34. The van der Waals surface area contributed by atoms with E-state index >= 15 is 0 Å². The third-order valence-corrected chi connectivity index (χ3v) is 3.78. The van der Waals surface area contributed by atoms with Crippen molar-refractivity contribution in [2.24, 2.45) is 0 Å². The van der Waals surface area contributed by atoms with Crippen molar-refractivity contribution in [3.05, 3.63) is 33.9 Å². The van der Waals surface area contributed by atoms with Crippen LogP contribution in [0.15, 0.2) is 29.0 Å². The van der Waals surface area contributed by atoms with Crippen LogP contribution in [0.3, 0.4) is 0 Å².